The topological polar surface area (TPSA) is 46.3 Å². The summed E-state index contributed by atoms with van der Waals surface area (Å²) in [7, 11) is 1.86. The predicted octanol–water partition coefficient (Wildman–Crippen LogP) is 2.47. The van der Waals surface area contributed by atoms with Gasteiger partial charge in [-0.2, -0.15) is 0 Å². The molecule has 4 heteroatoms. The number of hydrogen-bond donors (Lipinski definition) is 1. The maximum absolute atomic E-state index is 12.4. The summed E-state index contributed by atoms with van der Waals surface area (Å²) in [5.74, 6) is 0.165. The minimum absolute atomic E-state index is 0.165. The molecule has 0 aliphatic heterocycles. The quantitative estimate of drug-likeness (QED) is 0.847. The molecule has 0 unspecified atom stereocenters. The summed E-state index contributed by atoms with van der Waals surface area (Å²) in [4.78, 5) is 15.4. The molecule has 17 heavy (non-hydrogen) atoms. The Morgan fingerprint density at radius 2 is 2.12 bits per heavy atom. The van der Waals surface area contributed by atoms with Crippen molar-refractivity contribution < 1.29 is 4.79 Å². The molecule has 1 aromatic heterocycles. The maximum Gasteiger partial charge on any atom is 0.230 e. The second kappa shape index (κ2) is 6.17. The van der Waals surface area contributed by atoms with Crippen LogP contribution < -0.4 is 5.73 Å². The molecule has 0 radical (unpaired) electrons. The van der Waals surface area contributed by atoms with E-state index in [-0.39, 0.29) is 11.3 Å². The smallest absolute Gasteiger partial charge is 0.230 e. The molecule has 0 saturated carbocycles. The molecule has 0 aromatic carbocycles. The summed E-state index contributed by atoms with van der Waals surface area (Å²) in [5, 5.41) is 2.03. The van der Waals surface area contributed by atoms with Crippen molar-refractivity contribution in [3.63, 3.8) is 0 Å². The number of rotatable bonds is 6. The third-order valence-corrected chi connectivity index (χ3v) is 4.38. The van der Waals surface area contributed by atoms with Crippen LogP contribution in [0.1, 0.15) is 31.6 Å². The lowest BCUT2D eigenvalue weighted by atomic mass is 9.81. The number of hydrogen-bond acceptors (Lipinski definition) is 3. The molecule has 0 aliphatic rings. The van der Waals surface area contributed by atoms with Crippen LogP contribution in [0.15, 0.2) is 17.5 Å². The SMILES string of the molecule is CCC(CC)(CN)C(=O)N(C)Cc1cccs1. The van der Waals surface area contributed by atoms with Gasteiger partial charge in [-0.15, -0.1) is 11.3 Å². The van der Waals surface area contributed by atoms with Gasteiger partial charge < -0.3 is 10.6 Å². The Hall–Kier alpha value is -0.870. The third-order valence-electron chi connectivity index (χ3n) is 3.52. The first-order valence-corrected chi connectivity index (χ1v) is 6.95. The van der Waals surface area contributed by atoms with Gasteiger partial charge in [0, 0.05) is 18.5 Å². The molecule has 0 saturated heterocycles. The van der Waals surface area contributed by atoms with Crippen molar-refractivity contribution in [2.45, 2.75) is 33.2 Å². The molecule has 0 bridgehead atoms. The molecule has 1 rings (SSSR count). The second-order valence-corrected chi connectivity index (χ2v) is 5.46. The van der Waals surface area contributed by atoms with Crippen LogP contribution in [0.4, 0.5) is 0 Å². The van der Waals surface area contributed by atoms with Gasteiger partial charge in [0.2, 0.25) is 5.91 Å². The van der Waals surface area contributed by atoms with Gasteiger partial charge in [-0.25, -0.2) is 0 Å². The van der Waals surface area contributed by atoms with Gasteiger partial charge in [0.25, 0.3) is 0 Å². The predicted molar refractivity (Wildman–Crippen MR) is 72.9 cm³/mol. The van der Waals surface area contributed by atoms with E-state index < -0.39 is 0 Å². The Kier molecular flexibility index (Phi) is 5.15. The van der Waals surface area contributed by atoms with Crippen LogP contribution in [-0.2, 0) is 11.3 Å². The van der Waals surface area contributed by atoms with Crippen molar-refractivity contribution in [3.05, 3.63) is 22.4 Å². The Balaban J connectivity index is 2.74. The number of carbonyl (C=O) groups excluding carboxylic acids is 1. The molecule has 3 nitrogen and oxygen atoms in total. The Morgan fingerprint density at radius 3 is 2.53 bits per heavy atom. The molecule has 0 aliphatic carbocycles. The van der Waals surface area contributed by atoms with Crippen molar-refractivity contribution in [1.29, 1.82) is 0 Å². The number of nitrogens with zero attached hydrogens (tertiary/aromatic N) is 1. The van der Waals surface area contributed by atoms with Crippen LogP contribution in [0, 0.1) is 5.41 Å². The number of carbonyl (C=O) groups is 1. The highest BCUT2D eigenvalue weighted by Gasteiger charge is 2.35. The number of amides is 1. The van der Waals surface area contributed by atoms with Gasteiger partial charge in [0.05, 0.1) is 12.0 Å². The molecular weight excluding hydrogens is 232 g/mol. The fourth-order valence-corrected chi connectivity index (χ4v) is 2.80. The van der Waals surface area contributed by atoms with Crippen molar-refractivity contribution in [1.82, 2.24) is 4.90 Å². The van der Waals surface area contributed by atoms with Crippen LogP contribution in [0.2, 0.25) is 0 Å². The number of nitrogens with two attached hydrogens (primary N) is 1. The Labute approximate surface area is 108 Å². The standard InChI is InChI=1S/C13H22N2OS/c1-4-13(5-2,10-14)12(16)15(3)9-11-7-6-8-17-11/h6-8H,4-5,9-10,14H2,1-3H3. The van der Waals surface area contributed by atoms with E-state index in [1.165, 1.54) is 4.88 Å². The van der Waals surface area contributed by atoms with Crippen molar-refractivity contribution in [2.24, 2.45) is 11.1 Å². The van der Waals surface area contributed by atoms with E-state index in [0.29, 0.717) is 13.1 Å². The van der Waals surface area contributed by atoms with Crippen LogP contribution in [-0.4, -0.2) is 24.4 Å². The van der Waals surface area contributed by atoms with Crippen LogP contribution in [0.5, 0.6) is 0 Å². The summed E-state index contributed by atoms with van der Waals surface area (Å²) in [6, 6.07) is 4.06. The first-order chi connectivity index (χ1) is 8.09. The molecule has 2 N–H and O–H groups in total. The second-order valence-electron chi connectivity index (χ2n) is 4.43. The average Bonchev–Trinajstić information content (AvgIpc) is 2.84. The van der Waals surface area contributed by atoms with E-state index in [1.807, 2.05) is 32.3 Å². The number of thiophene rings is 1. The zero-order valence-electron chi connectivity index (χ0n) is 10.9. The summed E-state index contributed by atoms with van der Waals surface area (Å²) in [5.41, 5.74) is 5.41. The first kappa shape index (κ1) is 14.2. The van der Waals surface area contributed by atoms with Crippen LogP contribution in [0.25, 0.3) is 0 Å². The zero-order chi connectivity index (χ0) is 12.9. The molecule has 0 fully saturated rings. The third kappa shape index (κ3) is 3.07. The van der Waals surface area contributed by atoms with E-state index in [1.54, 1.807) is 16.2 Å². The fourth-order valence-electron chi connectivity index (χ4n) is 2.04. The lowest BCUT2D eigenvalue weighted by Crippen LogP contribution is -2.45. The van der Waals surface area contributed by atoms with Gasteiger partial charge in [-0.1, -0.05) is 19.9 Å². The van der Waals surface area contributed by atoms with Gasteiger partial charge in [-0.3, -0.25) is 4.79 Å². The highest BCUT2D eigenvalue weighted by molar-refractivity contribution is 7.09. The minimum atomic E-state index is -0.383. The molecular formula is C13H22N2OS. The van der Waals surface area contributed by atoms with E-state index >= 15 is 0 Å². The monoisotopic (exact) mass is 254 g/mol. The molecule has 0 spiro atoms. The summed E-state index contributed by atoms with van der Waals surface area (Å²) in [6.45, 7) is 5.17. The Bertz CT molecular complexity index is 336. The maximum atomic E-state index is 12.4. The van der Waals surface area contributed by atoms with E-state index in [4.69, 9.17) is 5.73 Å². The Morgan fingerprint density at radius 1 is 1.47 bits per heavy atom. The zero-order valence-corrected chi connectivity index (χ0v) is 11.7. The van der Waals surface area contributed by atoms with E-state index in [2.05, 4.69) is 6.07 Å². The van der Waals surface area contributed by atoms with Crippen molar-refractivity contribution in [3.8, 4) is 0 Å². The van der Waals surface area contributed by atoms with E-state index in [0.717, 1.165) is 12.8 Å². The lowest BCUT2D eigenvalue weighted by molar-refractivity contribution is -0.141. The van der Waals surface area contributed by atoms with Crippen LogP contribution in [0.3, 0.4) is 0 Å². The minimum Gasteiger partial charge on any atom is -0.340 e. The van der Waals surface area contributed by atoms with Gasteiger partial charge in [0.15, 0.2) is 0 Å². The highest BCUT2D eigenvalue weighted by Crippen LogP contribution is 2.28. The van der Waals surface area contributed by atoms with Gasteiger partial charge >= 0.3 is 0 Å². The first-order valence-electron chi connectivity index (χ1n) is 6.07. The molecule has 1 heterocycles. The normalized spacial score (nSPS) is 11.5. The highest BCUT2D eigenvalue weighted by atomic mass is 32.1. The largest absolute Gasteiger partial charge is 0.340 e. The molecule has 1 amide bonds. The molecule has 0 atom stereocenters. The van der Waals surface area contributed by atoms with Crippen molar-refractivity contribution >= 4 is 17.2 Å². The van der Waals surface area contributed by atoms with Crippen LogP contribution >= 0.6 is 11.3 Å². The van der Waals surface area contributed by atoms with E-state index in [9.17, 15) is 4.79 Å². The summed E-state index contributed by atoms with van der Waals surface area (Å²) >= 11 is 1.68. The summed E-state index contributed by atoms with van der Waals surface area (Å²) < 4.78 is 0. The van der Waals surface area contributed by atoms with Gasteiger partial charge in [0.1, 0.15) is 0 Å². The molecule has 96 valence electrons. The van der Waals surface area contributed by atoms with Crippen molar-refractivity contribution in [2.75, 3.05) is 13.6 Å². The lowest BCUT2D eigenvalue weighted by Gasteiger charge is -2.33. The summed E-state index contributed by atoms with van der Waals surface area (Å²) in [6.07, 6.45) is 1.60. The fraction of sp³-hybridized carbons (Fsp3) is 0.615. The van der Waals surface area contributed by atoms with Gasteiger partial charge in [-0.05, 0) is 24.3 Å². The average molecular weight is 254 g/mol. The molecule has 1 aromatic rings.